The number of carbonyl (C=O) groups excluding carboxylic acids is 2. The first-order valence-electron chi connectivity index (χ1n) is 5.43. The number of nitrogens with two attached hydrogens (primary N) is 2. The number of hydrogen-bond donors (Lipinski definition) is 3. The van der Waals surface area contributed by atoms with Crippen molar-refractivity contribution in [3.05, 3.63) is 0 Å². The molecule has 0 bridgehead atoms. The van der Waals surface area contributed by atoms with Crippen LogP contribution in [0.4, 0.5) is 0 Å². The predicted molar refractivity (Wildman–Crippen MR) is 60.5 cm³/mol. The van der Waals surface area contributed by atoms with Gasteiger partial charge in [0, 0.05) is 13.0 Å². The number of ether oxygens (including phenoxy) is 1. The Balaban J connectivity index is 3.46. The number of amides is 2. The quantitative estimate of drug-likeness (QED) is 0.441. The molecule has 16 heavy (non-hydrogen) atoms. The Morgan fingerprint density at radius 1 is 1.44 bits per heavy atom. The van der Waals surface area contributed by atoms with Crippen molar-refractivity contribution in [2.45, 2.75) is 19.8 Å². The average molecular weight is 231 g/mol. The van der Waals surface area contributed by atoms with Gasteiger partial charge in [-0.2, -0.15) is 0 Å². The predicted octanol–water partition coefficient (Wildman–Crippen LogP) is -1.02. The second-order valence-electron chi connectivity index (χ2n) is 3.58. The minimum atomic E-state index is -0.513. The summed E-state index contributed by atoms with van der Waals surface area (Å²) in [5, 5.41) is 2.68. The Kier molecular flexibility index (Phi) is 8.46. The number of primary amides is 1. The lowest BCUT2D eigenvalue weighted by atomic mass is 10.0. The van der Waals surface area contributed by atoms with E-state index in [1.165, 1.54) is 0 Å². The van der Waals surface area contributed by atoms with Crippen LogP contribution in [0.5, 0.6) is 0 Å². The van der Waals surface area contributed by atoms with Gasteiger partial charge in [0.15, 0.2) is 0 Å². The van der Waals surface area contributed by atoms with Crippen LogP contribution in [0.2, 0.25) is 0 Å². The van der Waals surface area contributed by atoms with E-state index < -0.39 is 5.91 Å². The van der Waals surface area contributed by atoms with Crippen molar-refractivity contribution in [3.8, 4) is 0 Å². The molecule has 0 aromatic rings. The molecule has 0 rings (SSSR count). The maximum absolute atomic E-state index is 11.4. The summed E-state index contributed by atoms with van der Waals surface area (Å²) in [7, 11) is 0. The van der Waals surface area contributed by atoms with Crippen molar-refractivity contribution >= 4 is 11.8 Å². The van der Waals surface area contributed by atoms with E-state index in [4.69, 9.17) is 16.2 Å². The van der Waals surface area contributed by atoms with E-state index in [9.17, 15) is 9.59 Å². The number of nitrogens with one attached hydrogen (secondary N) is 1. The van der Waals surface area contributed by atoms with Gasteiger partial charge in [0.25, 0.3) is 0 Å². The summed E-state index contributed by atoms with van der Waals surface area (Å²) in [4.78, 5) is 21.7. The van der Waals surface area contributed by atoms with Gasteiger partial charge in [0.05, 0.1) is 6.61 Å². The standard InChI is InChI=1S/C10H21N3O3/c1-2-8(6-11)5-10(15)13-3-4-16-7-9(12)14/h8H,2-7,11H2,1H3,(H2,12,14)(H,13,15). The molecular weight excluding hydrogens is 210 g/mol. The highest BCUT2D eigenvalue weighted by Gasteiger charge is 2.09. The molecule has 5 N–H and O–H groups in total. The van der Waals surface area contributed by atoms with Crippen LogP contribution >= 0.6 is 0 Å². The largest absolute Gasteiger partial charge is 0.370 e. The third-order valence-corrected chi connectivity index (χ3v) is 2.20. The SMILES string of the molecule is CCC(CN)CC(=O)NCCOCC(N)=O. The molecule has 94 valence electrons. The third kappa shape index (κ3) is 8.19. The zero-order valence-electron chi connectivity index (χ0n) is 9.70. The Morgan fingerprint density at radius 3 is 2.62 bits per heavy atom. The van der Waals surface area contributed by atoms with E-state index in [1.807, 2.05) is 6.92 Å². The summed E-state index contributed by atoms with van der Waals surface area (Å²) in [5.74, 6) is -0.327. The Morgan fingerprint density at radius 2 is 2.12 bits per heavy atom. The van der Waals surface area contributed by atoms with Gasteiger partial charge in [0.1, 0.15) is 6.61 Å². The molecule has 0 saturated heterocycles. The van der Waals surface area contributed by atoms with Gasteiger partial charge in [-0.05, 0) is 12.5 Å². The highest BCUT2D eigenvalue weighted by molar-refractivity contribution is 5.76. The van der Waals surface area contributed by atoms with Crippen LogP contribution in [-0.4, -0.2) is 38.1 Å². The van der Waals surface area contributed by atoms with Gasteiger partial charge in [-0.1, -0.05) is 13.3 Å². The molecule has 0 radical (unpaired) electrons. The van der Waals surface area contributed by atoms with E-state index in [2.05, 4.69) is 5.32 Å². The van der Waals surface area contributed by atoms with Crippen molar-refractivity contribution in [1.82, 2.24) is 5.32 Å². The molecule has 1 unspecified atom stereocenters. The Labute approximate surface area is 95.7 Å². The fourth-order valence-corrected chi connectivity index (χ4v) is 1.16. The first-order chi connectivity index (χ1) is 7.60. The van der Waals surface area contributed by atoms with E-state index in [0.29, 0.717) is 19.5 Å². The minimum absolute atomic E-state index is 0.0417. The highest BCUT2D eigenvalue weighted by atomic mass is 16.5. The van der Waals surface area contributed by atoms with Crippen molar-refractivity contribution in [2.24, 2.45) is 17.4 Å². The molecule has 0 spiro atoms. The summed E-state index contributed by atoms with van der Waals surface area (Å²) in [6.07, 6.45) is 1.32. The molecule has 0 heterocycles. The molecule has 0 aliphatic carbocycles. The average Bonchev–Trinajstić information content (AvgIpc) is 2.25. The molecule has 1 atom stereocenters. The van der Waals surface area contributed by atoms with Gasteiger partial charge in [-0.15, -0.1) is 0 Å². The summed E-state index contributed by atoms with van der Waals surface area (Å²) in [6, 6.07) is 0. The summed E-state index contributed by atoms with van der Waals surface area (Å²) in [5.41, 5.74) is 10.4. The fraction of sp³-hybridized carbons (Fsp3) is 0.800. The van der Waals surface area contributed by atoms with Crippen LogP contribution in [0.3, 0.4) is 0 Å². The number of hydrogen-bond acceptors (Lipinski definition) is 4. The van der Waals surface area contributed by atoms with Crippen LogP contribution < -0.4 is 16.8 Å². The zero-order chi connectivity index (χ0) is 12.4. The number of rotatable bonds is 9. The van der Waals surface area contributed by atoms with Gasteiger partial charge in [-0.25, -0.2) is 0 Å². The first-order valence-corrected chi connectivity index (χ1v) is 5.43. The summed E-state index contributed by atoms with van der Waals surface area (Å²) in [6.45, 7) is 3.07. The second kappa shape index (κ2) is 9.11. The molecule has 0 aromatic heterocycles. The number of carbonyl (C=O) groups is 2. The van der Waals surface area contributed by atoms with Crippen LogP contribution in [0.15, 0.2) is 0 Å². The maximum atomic E-state index is 11.4. The van der Waals surface area contributed by atoms with E-state index in [0.717, 1.165) is 6.42 Å². The molecule has 0 saturated carbocycles. The van der Waals surface area contributed by atoms with Gasteiger partial charge in [0.2, 0.25) is 11.8 Å². The van der Waals surface area contributed by atoms with Crippen LogP contribution in [0.1, 0.15) is 19.8 Å². The highest BCUT2D eigenvalue weighted by Crippen LogP contribution is 2.04. The minimum Gasteiger partial charge on any atom is -0.370 e. The molecule has 6 nitrogen and oxygen atoms in total. The topological polar surface area (TPSA) is 107 Å². The lowest BCUT2D eigenvalue weighted by molar-refractivity contribution is -0.123. The maximum Gasteiger partial charge on any atom is 0.243 e. The smallest absolute Gasteiger partial charge is 0.243 e. The lowest BCUT2D eigenvalue weighted by Gasteiger charge is -2.11. The van der Waals surface area contributed by atoms with Gasteiger partial charge >= 0.3 is 0 Å². The Hall–Kier alpha value is -1.14. The van der Waals surface area contributed by atoms with E-state index in [1.54, 1.807) is 0 Å². The molecule has 2 amide bonds. The van der Waals surface area contributed by atoms with Crippen molar-refractivity contribution < 1.29 is 14.3 Å². The van der Waals surface area contributed by atoms with Crippen LogP contribution in [0, 0.1) is 5.92 Å². The van der Waals surface area contributed by atoms with Crippen LogP contribution in [-0.2, 0) is 14.3 Å². The zero-order valence-corrected chi connectivity index (χ0v) is 9.70. The monoisotopic (exact) mass is 231 g/mol. The van der Waals surface area contributed by atoms with Crippen molar-refractivity contribution in [2.75, 3.05) is 26.3 Å². The van der Waals surface area contributed by atoms with E-state index >= 15 is 0 Å². The van der Waals surface area contributed by atoms with Crippen LogP contribution in [0.25, 0.3) is 0 Å². The summed E-state index contributed by atoms with van der Waals surface area (Å²) < 4.78 is 4.89. The fourth-order valence-electron chi connectivity index (χ4n) is 1.16. The molecule has 0 aliphatic heterocycles. The molecule has 0 fully saturated rings. The third-order valence-electron chi connectivity index (χ3n) is 2.20. The molecule has 0 aliphatic rings. The van der Waals surface area contributed by atoms with Crippen molar-refractivity contribution in [3.63, 3.8) is 0 Å². The van der Waals surface area contributed by atoms with Gasteiger partial charge < -0.3 is 21.5 Å². The van der Waals surface area contributed by atoms with E-state index in [-0.39, 0.29) is 25.0 Å². The lowest BCUT2D eigenvalue weighted by Crippen LogP contribution is -2.31. The van der Waals surface area contributed by atoms with Gasteiger partial charge in [-0.3, -0.25) is 9.59 Å². The Bertz CT molecular complexity index is 217. The first kappa shape index (κ1) is 14.9. The van der Waals surface area contributed by atoms with Crippen molar-refractivity contribution in [1.29, 1.82) is 0 Å². The normalized spacial score (nSPS) is 12.1. The summed E-state index contributed by atoms with van der Waals surface area (Å²) >= 11 is 0. The molecular formula is C10H21N3O3. The second-order valence-corrected chi connectivity index (χ2v) is 3.58. The molecule has 0 aromatic carbocycles. The molecule has 6 heteroatoms.